The first-order valence-corrected chi connectivity index (χ1v) is 6.72. The molecule has 5 nitrogen and oxygen atoms in total. The number of unbranched alkanes of at least 4 members (excludes halogenated alkanes) is 1. The summed E-state index contributed by atoms with van der Waals surface area (Å²) in [6, 6.07) is 8.30. The maximum Gasteiger partial charge on any atom is 0.335 e. The fourth-order valence-corrected chi connectivity index (χ4v) is 1.86. The molecule has 2 rings (SSSR count). The number of benzene rings is 1. The summed E-state index contributed by atoms with van der Waals surface area (Å²) < 4.78 is 0. The van der Waals surface area contributed by atoms with Crippen LogP contribution in [-0.2, 0) is 0 Å². The van der Waals surface area contributed by atoms with Gasteiger partial charge in [-0.2, -0.15) is 0 Å². The van der Waals surface area contributed by atoms with Gasteiger partial charge < -0.3 is 10.0 Å². The lowest BCUT2D eigenvalue weighted by atomic mass is 10.2. The molecule has 1 aliphatic heterocycles. The van der Waals surface area contributed by atoms with Crippen molar-refractivity contribution >= 4 is 5.97 Å². The third-order valence-electron chi connectivity index (χ3n) is 3.07. The van der Waals surface area contributed by atoms with Crippen LogP contribution in [0.25, 0.3) is 0 Å². The minimum absolute atomic E-state index is 0.162. The van der Waals surface area contributed by atoms with Crippen LogP contribution in [0.15, 0.2) is 42.7 Å². The lowest BCUT2D eigenvalue weighted by molar-refractivity contribution is -0.102. The Bertz CT molecular complexity index is 422. The summed E-state index contributed by atoms with van der Waals surface area (Å²) in [5.74, 6) is -0.879. The molecule has 1 aromatic carbocycles. The number of hydroxylamine groups is 2. The van der Waals surface area contributed by atoms with Crippen LogP contribution >= 0.6 is 0 Å². The third-order valence-corrected chi connectivity index (χ3v) is 3.07. The van der Waals surface area contributed by atoms with Crippen molar-refractivity contribution in [2.75, 3.05) is 7.05 Å². The second-order valence-electron chi connectivity index (χ2n) is 4.64. The van der Waals surface area contributed by atoms with Crippen molar-refractivity contribution in [3.05, 3.63) is 48.3 Å². The van der Waals surface area contributed by atoms with Gasteiger partial charge in [0, 0.05) is 19.4 Å². The maximum atomic E-state index is 10.2. The molecule has 1 aliphatic rings. The van der Waals surface area contributed by atoms with Crippen molar-refractivity contribution in [2.45, 2.75) is 32.4 Å². The van der Waals surface area contributed by atoms with E-state index in [4.69, 9.17) is 5.11 Å². The van der Waals surface area contributed by atoms with Gasteiger partial charge in [-0.1, -0.05) is 31.5 Å². The first kappa shape index (κ1) is 16.0. The molecular weight excluding hydrogens is 256 g/mol. The van der Waals surface area contributed by atoms with Crippen LogP contribution in [0.1, 0.15) is 36.5 Å². The zero-order valence-electron chi connectivity index (χ0n) is 11.9. The van der Waals surface area contributed by atoms with E-state index < -0.39 is 5.97 Å². The summed E-state index contributed by atoms with van der Waals surface area (Å²) in [6.07, 6.45) is 7.11. The molecule has 20 heavy (non-hydrogen) atoms. The van der Waals surface area contributed by atoms with Crippen molar-refractivity contribution in [3.8, 4) is 0 Å². The largest absolute Gasteiger partial charge is 0.478 e. The summed E-state index contributed by atoms with van der Waals surface area (Å²) in [5.41, 5.74) is 0.331. The molecule has 0 saturated carbocycles. The van der Waals surface area contributed by atoms with Crippen molar-refractivity contribution in [2.24, 2.45) is 0 Å². The number of rotatable bonds is 4. The predicted molar refractivity (Wildman–Crippen MR) is 77.2 cm³/mol. The molecule has 0 spiro atoms. The maximum absolute atomic E-state index is 10.2. The van der Waals surface area contributed by atoms with Gasteiger partial charge in [-0.15, -0.1) is 0 Å². The van der Waals surface area contributed by atoms with Gasteiger partial charge >= 0.3 is 5.97 Å². The number of hydrogen-bond donors (Lipinski definition) is 2. The molecule has 0 radical (unpaired) electrons. The van der Waals surface area contributed by atoms with Crippen molar-refractivity contribution in [1.29, 1.82) is 0 Å². The van der Waals surface area contributed by atoms with E-state index in [1.165, 1.54) is 11.5 Å². The first-order chi connectivity index (χ1) is 9.56. The van der Waals surface area contributed by atoms with Crippen LogP contribution in [-0.4, -0.2) is 39.5 Å². The van der Waals surface area contributed by atoms with Crippen molar-refractivity contribution in [3.63, 3.8) is 0 Å². The quantitative estimate of drug-likeness (QED) is 0.886. The molecule has 0 amide bonds. The van der Waals surface area contributed by atoms with E-state index in [0.717, 1.165) is 12.8 Å². The molecule has 0 aliphatic carbocycles. The van der Waals surface area contributed by atoms with Gasteiger partial charge in [0.25, 0.3) is 0 Å². The second kappa shape index (κ2) is 8.22. The highest BCUT2D eigenvalue weighted by Gasteiger charge is 2.20. The Morgan fingerprint density at radius 2 is 1.90 bits per heavy atom. The fraction of sp³-hybridized carbons (Fsp3) is 0.400. The highest BCUT2D eigenvalue weighted by molar-refractivity contribution is 5.87. The van der Waals surface area contributed by atoms with Crippen molar-refractivity contribution < 1.29 is 15.1 Å². The minimum atomic E-state index is -0.879. The zero-order chi connectivity index (χ0) is 15.0. The van der Waals surface area contributed by atoms with E-state index in [2.05, 4.69) is 6.92 Å². The number of nitrogens with zero attached hydrogens (tertiary/aromatic N) is 2. The number of aromatic carboxylic acids is 1. The minimum Gasteiger partial charge on any atom is -0.478 e. The highest BCUT2D eigenvalue weighted by atomic mass is 16.5. The molecule has 5 heteroatoms. The van der Waals surface area contributed by atoms with E-state index in [9.17, 15) is 10.0 Å². The second-order valence-corrected chi connectivity index (χ2v) is 4.64. The Balaban J connectivity index is 0.000000204. The van der Waals surface area contributed by atoms with Crippen LogP contribution < -0.4 is 0 Å². The summed E-state index contributed by atoms with van der Waals surface area (Å²) in [6.45, 7) is 2.16. The van der Waals surface area contributed by atoms with Crippen LogP contribution in [0.2, 0.25) is 0 Å². The molecule has 2 N–H and O–H groups in total. The normalized spacial score (nSPS) is 16.9. The van der Waals surface area contributed by atoms with Gasteiger partial charge in [-0.05, 0) is 25.0 Å². The summed E-state index contributed by atoms with van der Waals surface area (Å²) >= 11 is 0. The third kappa shape index (κ3) is 4.93. The van der Waals surface area contributed by atoms with Crippen LogP contribution in [0.5, 0.6) is 0 Å². The van der Waals surface area contributed by atoms with Gasteiger partial charge in [0.2, 0.25) is 0 Å². The van der Waals surface area contributed by atoms with Gasteiger partial charge in [0.1, 0.15) is 6.17 Å². The highest BCUT2D eigenvalue weighted by Crippen LogP contribution is 2.16. The molecule has 110 valence electrons. The summed E-state index contributed by atoms with van der Waals surface area (Å²) in [4.78, 5) is 12.2. The Morgan fingerprint density at radius 1 is 1.25 bits per heavy atom. The molecular formula is C15H22N2O3. The SMILES string of the molecule is CCCCC1N(C)C=CN1O.O=C(O)c1ccccc1. The standard InChI is InChI=1S/C8H16N2O.C7H6O2/c1-3-4-5-8-9(2)6-7-10(8)11;8-7(9)6-4-2-1-3-5-6/h6-8,11H,3-5H2,1-2H3;1-5H,(H,8,9). The topological polar surface area (TPSA) is 64.0 Å². The average Bonchev–Trinajstić information content (AvgIpc) is 2.77. The van der Waals surface area contributed by atoms with Gasteiger partial charge in [-0.25, -0.2) is 9.86 Å². The molecule has 0 bridgehead atoms. The lowest BCUT2D eigenvalue weighted by Crippen LogP contribution is -2.34. The number of hydrogen-bond acceptors (Lipinski definition) is 4. The Hall–Kier alpha value is -2.01. The van der Waals surface area contributed by atoms with Crippen molar-refractivity contribution in [1.82, 2.24) is 9.96 Å². The van der Waals surface area contributed by atoms with E-state index >= 15 is 0 Å². The Labute approximate surface area is 119 Å². The van der Waals surface area contributed by atoms with E-state index in [0.29, 0.717) is 5.56 Å². The van der Waals surface area contributed by atoms with E-state index in [1.807, 2.05) is 18.1 Å². The smallest absolute Gasteiger partial charge is 0.335 e. The van der Waals surface area contributed by atoms with Gasteiger partial charge in [0.15, 0.2) is 0 Å². The fourth-order valence-electron chi connectivity index (χ4n) is 1.86. The number of carbonyl (C=O) groups is 1. The molecule has 1 atom stereocenters. The van der Waals surface area contributed by atoms with Crippen LogP contribution in [0.4, 0.5) is 0 Å². The predicted octanol–water partition coefficient (Wildman–Crippen LogP) is 3.00. The number of carboxylic acids is 1. The summed E-state index contributed by atoms with van der Waals surface area (Å²) in [7, 11) is 1.98. The van der Waals surface area contributed by atoms with Crippen LogP contribution in [0.3, 0.4) is 0 Å². The summed E-state index contributed by atoms with van der Waals surface area (Å²) in [5, 5.41) is 18.9. The monoisotopic (exact) mass is 278 g/mol. The van der Waals surface area contributed by atoms with E-state index in [-0.39, 0.29) is 6.17 Å². The molecule has 1 heterocycles. The Morgan fingerprint density at radius 3 is 2.30 bits per heavy atom. The van der Waals surface area contributed by atoms with Crippen LogP contribution in [0, 0.1) is 0 Å². The van der Waals surface area contributed by atoms with E-state index in [1.54, 1.807) is 36.5 Å². The molecule has 1 unspecified atom stereocenters. The molecule has 0 saturated heterocycles. The average molecular weight is 278 g/mol. The molecule has 0 fully saturated rings. The van der Waals surface area contributed by atoms with Gasteiger partial charge in [0.05, 0.1) is 5.56 Å². The Kier molecular flexibility index (Phi) is 6.59. The number of carboxylic acid groups (broad SMARTS) is 1. The zero-order valence-corrected chi connectivity index (χ0v) is 11.9. The first-order valence-electron chi connectivity index (χ1n) is 6.72. The molecule has 1 aromatic rings. The van der Waals surface area contributed by atoms with Gasteiger partial charge in [-0.3, -0.25) is 5.21 Å². The lowest BCUT2D eigenvalue weighted by Gasteiger charge is -2.25. The molecule has 0 aromatic heterocycles.